The molecule has 0 fully saturated rings. The maximum atomic E-state index is 11.9. The van der Waals surface area contributed by atoms with E-state index in [2.05, 4.69) is 97.8 Å². The van der Waals surface area contributed by atoms with E-state index in [-0.39, 0.29) is 21.9 Å². The van der Waals surface area contributed by atoms with Crippen LogP contribution in [0.4, 0.5) is 11.9 Å². The average molecular weight is 886 g/mol. The SMILES string of the molecule is CCCCCCCC/C=C\CCCCCCCC(=O)Cl.CCCCCCCC/C=C\CCCCCCCC(=O)Nc1nc(=S)[nH]c(=S)[nH]1.Nc1nc(=S)[nH]c(=S)[nH]1. The second kappa shape index (κ2) is 40.4. The maximum absolute atomic E-state index is 11.9. The highest BCUT2D eigenvalue weighted by atomic mass is 35.5. The molecule has 2 aromatic rings. The Kier molecular flexibility index (Phi) is 38.7. The maximum Gasteiger partial charge on any atom is 0.226 e. The van der Waals surface area contributed by atoms with Gasteiger partial charge in [0.05, 0.1) is 0 Å². The zero-order valence-corrected chi connectivity index (χ0v) is 38.9. The van der Waals surface area contributed by atoms with Crippen molar-refractivity contribution >= 4 is 83.5 Å². The lowest BCUT2D eigenvalue weighted by atomic mass is 10.1. The van der Waals surface area contributed by atoms with Gasteiger partial charge in [0.1, 0.15) is 0 Å². The number of anilines is 2. The molecular formula is C42H73ClN8O2S4. The van der Waals surface area contributed by atoms with Crippen LogP contribution in [0, 0.1) is 19.1 Å². The number of aromatic nitrogens is 6. The molecule has 0 saturated heterocycles. The van der Waals surface area contributed by atoms with Crippen LogP contribution in [-0.2, 0) is 9.59 Å². The van der Waals surface area contributed by atoms with Gasteiger partial charge in [-0.3, -0.25) is 14.9 Å². The van der Waals surface area contributed by atoms with Crippen molar-refractivity contribution in [3.63, 3.8) is 0 Å². The normalized spacial score (nSPS) is 10.9. The average Bonchev–Trinajstić information content (AvgIpc) is 3.14. The number of unbranched alkanes of at least 4 members (excludes halogenated alkanes) is 22. The van der Waals surface area contributed by atoms with Crippen LogP contribution in [0.25, 0.3) is 0 Å². The number of nitrogen functional groups attached to an aromatic ring is 1. The number of aromatic amines is 4. The van der Waals surface area contributed by atoms with Crippen molar-refractivity contribution in [3.05, 3.63) is 43.4 Å². The molecule has 0 aliphatic heterocycles. The number of halogens is 1. The van der Waals surface area contributed by atoms with E-state index in [0.717, 1.165) is 25.7 Å². The van der Waals surface area contributed by atoms with Crippen molar-refractivity contribution in [3.8, 4) is 0 Å². The van der Waals surface area contributed by atoms with Gasteiger partial charge in [0, 0.05) is 12.8 Å². The van der Waals surface area contributed by atoms with E-state index in [1.54, 1.807) is 0 Å². The summed E-state index contributed by atoms with van der Waals surface area (Å²) in [6, 6.07) is 0. The van der Waals surface area contributed by atoms with Crippen molar-refractivity contribution in [2.24, 2.45) is 0 Å². The number of carbonyl (C=O) groups excluding carboxylic acids is 2. The highest BCUT2D eigenvalue weighted by Crippen LogP contribution is 2.12. The monoisotopic (exact) mass is 884 g/mol. The van der Waals surface area contributed by atoms with E-state index < -0.39 is 0 Å². The molecule has 0 aliphatic carbocycles. The quantitative estimate of drug-likeness (QED) is 0.0187. The van der Waals surface area contributed by atoms with Gasteiger partial charge in [-0.05, 0) is 125 Å². The smallest absolute Gasteiger partial charge is 0.226 e. The summed E-state index contributed by atoms with van der Waals surface area (Å²) >= 11 is 24.5. The van der Waals surface area contributed by atoms with E-state index in [4.69, 9.17) is 41.8 Å². The van der Waals surface area contributed by atoms with Crippen molar-refractivity contribution in [2.75, 3.05) is 11.1 Å². The van der Waals surface area contributed by atoms with E-state index in [1.807, 2.05) is 0 Å². The number of allylic oxidation sites excluding steroid dienone is 4. The Balaban J connectivity index is 0.000000933. The van der Waals surface area contributed by atoms with Crippen LogP contribution < -0.4 is 11.1 Å². The molecule has 0 aromatic carbocycles. The second-order valence-corrected chi connectivity index (χ2v) is 16.3. The van der Waals surface area contributed by atoms with Gasteiger partial charge in [-0.15, -0.1) is 0 Å². The van der Waals surface area contributed by atoms with Gasteiger partial charge < -0.3 is 25.7 Å². The van der Waals surface area contributed by atoms with Crippen LogP contribution >= 0.6 is 60.5 Å². The fourth-order valence-corrected chi connectivity index (χ4v) is 6.80. The molecule has 2 heterocycles. The Morgan fingerprint density at radius 3 is 1.30 bits per heavy atom. The van der Waals surface area contributed by atoms with Crippen molar-refractivity contribution in [1.29, 1.82) is 0 Å². The van der Waals surface area contributed by atoms with Crippen molar-refractivity contribution in [1.82, 2.24) is 29.9 Å². The molecule has 0 atom stereocenters. The molecular weight excluding hydrogens is 812 g/mol. The fraction of sp³-hybridized carbons (Fsp3) is 0.714. The Morgan fingerprint density at radius 1 is 0.544 bits per heavy atom. The van der Waals surface area contributed by atoms with Crippen LogP contribution in [0.5, 0.6) is 0 Å². The van der Waals surface area contributed by atoms with Crippen LogP contribution in [-0.4, -0.2) is 41.1 Å². The first-order chi connectivity index (χ1) is 27.6. The van der Waals surface area contributed by atoms with Gasteiger partial charge in [0.15, 0.2) is 9.54 Å². The predicted molar refractivity (Wildman–Crippen MR) is 252 cm³/mol. The summed E-state index contributed by atoms with van der Waals surface area (Å²) < 4.78 is 1.32. The molecule has 2 aromatic heterocycles. The summed E-state index contributed by atoms with van der Waals surface area (Å²) in [7, 11) is 0. The number of carbonyl (C=O) groups is 2. The molecule has 7 N–H and O–H groups in total. The second-order valence-electron chi connectivity index (χ2n) is 14.3. The summed E-state index contributed by atoms with van der Waals surface area (Å²) in [5, 5.41) is 2.51. The lowest BCUT2D eigenvalue weighted by Gasteiger charge is -2.04. The van der Waals surface area contributed by atoms with Crippen molar-refractivity contribution < 1.29 is 9.59 Å². The third-order valence-corrected chi connectivity index (χ3v) is 9.89. The van der Waals surface area contributed by atoms with Gasteiger partial charge in [-0.1, -0.05) is 141 Å². The zero-order valence-electron chi connectivity index (χ0n) is 34.9. The number of amides is 1. The molecule has 0 radical (unpaired) electrons. The molecule has 0 saturated carbocycles. The van der Waals surface area contributed by atoms with Crippen LogP contribution in [0.3, 0.4) is 0 Å². The molecule has 2 rings (SSSR count). The van der Waals surface area contributed by atoms with E-state index in [1.165, 1.54) is 141 Å². The number of nitrogens with zero attached hydrogens (tertiary/aromatic N) is 2. The van der Waals surface area contributed by atoms with Gasteiger partial charge >= 0.3 is 0 Å². The Hall–Kier alpha value is -2.39. The first-order valence-electron chi connectivity index (χ1n) is 21.5. The van der Waals surface area contributed by atoms with Crippen LogP contribution in [0.1, 0.15) is 194 Å². The Labute approximate surface area is 369 Å². The van der Waals surface area contributed by atoms with Gasteiger partial charge in [-0.25, -0.2) is 0 Å². The summed E-state index contributed by atoms with van der Waals surface area (Å²) in [4.78, 5) is 40.7. The minimum absolute atomic E-state index is 0.0589. The van der Waals surface area contributed by atoms with Gasteiger partial charge in [0.2, 0.25) is 32.6 Å². The number of H-pyrrole nitrogens is 4. The van der Waals surface area contributed by atoms with E-state index >= 15 is 0 Å². The zero-order chi connectivity index (χ0) is 42.2. The molecule has 0 spiro atoms. The third kappa shape index (κ3) is 40.2. The lowest BCUT2D eigenvalue weighted by molar-refractivity contribution is -0.116. The largest absolute Gasteiger partial charge is 0.369 e. The highest BCUT2D eigenvalue weighted by molar-refractivity contribution is 7.72. The lowest BCUT2D eigenvalue weighted by Crippen LogP contribution is -2.14. The summed E-state index contributed by atoms with van der Waals surface area (Å²) in [6.07, 6.45) is 43.3. The number of hydrogen-bond acceptors (Lipinski definition) is 9. The molecule has 0 bridgehead atoms. The van der Waals surface area contributed by atoms with Crippen LogP contribution in [0.15, 0.2) is 24.3 Å². The molecule has 324 valence electrons. The number of nitrogens with one attached hydrogen (secondary N) is 5. The molecule has 10 nitrogen and oxygen atoms in total. The number of nitrogens with two attached hydrogens (primary N) is 1. The summed E-state index contributed by atoms with van der Waals surface area (Å²) in [5.74, 6) is 0.492. The predicted octanol–water partition coefficient (Wildman–Crippen LogP) is 14.7. The Morgan fingerprint density at radius 2 is 0.912 bits per heavy atom. The molecule has 57 heavy (non-hydrogen) atoms. The highest BCUT2D eigenvalue weighted by Gasteiger charge is 2.04. The summed E-state index contributed by atoms with van der Waals surface area (Å²) in [5.41, 5.74) is 5.24. The molecule has 15 heteroatoms. The first kappa shape index (κ1) is 54.6. The standard InChI is InChI=1S/C21H36N4OS2.C18H33ClO.C3H4N4S2/c1-2-3-4-5-6-7-8-9-10-11-12-13-14-15-16-17-18(26)22-19-23-20(27)25-21(28)24-19;1-2-3-4-5-6-7-8-9-10-11-12-13-14-15-16-17-18(19)20;4-1-5-2(8)7-3(9)6-1/h9-10H,2-8,11-17H2,1H3,(H3,22,23,24,25,26,27,28);9-10H,2-8,11-17H2,1H3;(H4,4,5,6,7,8,9)/b2*10-9-;. The molecule has 0 aliphatic rings. The molecule has 0 unspecified atom stereocenters. The number of rotatable bonds is 31. The van der Waals surface area contributed by atoms with Crippen molar-refractivity contribution in [2.45, 2.75) is 194 Å². The topological polar surface area (TPSA) is 161 Å². The van der Waals surface area contributed by atoms with Gasteiger partial charge in [0.25, 0.3) is 0 Å². The minimum atomic E-state index is -0.192. The summed E-state index contributed by atoms with van der Waals surface area (Å²) in [6.45, 7) is 4.52. The third-order valence-electron chi connectivity index (χ3n) is 8.91. The first-order valence-corrected chi connectivity index (χ1v) is 23.5. The molecule has 1 amide bonds. The number of hydrogen-bond donors (Lipinski definition) is 6. The van der Waals surface area contributed by atoms with Crippen LogP contribution in [0.2, 0.25) is 0 Å². The van der Waals surface area contributed by atoms with E-state index in [0.29, 0.717) is 33.1 Å². The fourth-order valence-electron chi connectivity index (χ4n) is 5.75. The van der Waals surface area contributed by atoms with Gasteiger partial charge in [-0.2, -0.15) is 9.97 Å². The van der Waals surface area contributed by atoms with E-state index in [9.17, 15) is 9.59 Å². The minimum Gasteiger partial charge on any atom is -0.369 e. The Bertz CT molecular complexity index is 1530.